The van der Waals surface area contributed by atoms with E-state index in [1.807, 2.05) is 0 Å². The highest BCUT2D eigenvalue weighted by atomic mass is 16.3. The molecule has 0 amide bonds. The van der Waals surface area contributed by atoms with Gasteiger partial charge in [-0.1, -0.05) is 104 Å². The molecule has 0 N–H and O–H groups in total. The first-order chi connectivity index (χ1) is 16.8. The second-order valence-corrected chi connectivity index (χ2v) is 9.21. The van der Waals surface area contributed by atoms with E-state index in [0.717, 1.165) is 17.6 Å². The third-order valence-electron chi connectivity index (χ3n) is 7.52. The molecular formula is C33H24O. The highest BCUT2D eigenvalue weighted by Gasteiger charge is 2.46. The molecule has 1 heteroatoms. The van der Waals surface area contributed by atoms with Crippen molar-refractivity contribution in [1.82, 2.24) is 0 Å². The van der Waals surface area contributed by atoms with E-state index in [2.05, 4.69) is 122 Å². The SMILES string of the molecule is CCc1ccc2c(c1)oc1cc3c(cc12)-c1ccccc1C3(c1ccccc1)c1ccccc1. The van der Waals surface area contributed by atoms with Crippen molar-refractivity contribution in [3.05, 3.63) is 143 Å². The topological polar surface area (TPSA) is 13.1 Å². The molecule has 5 aromatic carbocycles. The van der Waals surface area contributed by atoms with Crippen molar-refractivity contribution in [2.24, 2.45) is 0 Å². The lowest BCUT2D eigenvalue weighted by molar-refractivity contribution is 0.665. The molecule has 34 heavy (non-hydrogen) atoms. The van der Waals surface area contributed by atoms with E-state index in [1.165, 1.54) is 49.7 Å². The first kappa shape index (κ1) is 19.4. The molecule has 0 aliphatic heterocycles. The van der Waals surface area contributed by atoms with Gasteiger partial charge in [-0.05, 0) is 63.6 Å². The van der Waals surface area contributed by atoms with Crippen LogP contribution in [-0.2, 0) is 11.8 Å². The molecule has 0 fully saturated rings. The summed E-state index contributed by atoms with van der Waals surface area (Å²) in [5, 5.41) is 2.37. The number of benzene rings is 5. The minimum atomic E-state index is -0.393. The molecular weight excluding hydrogens is 412 g/mol. The van der Waals surface area contributed by atoms with Gasteiger partial charge in [-0.2, -0.15) is 0 Å². The van der Waals surface area contributed by atoms with Gasteiger partial charge in [0.2, 0.25) is 0 Å². The van der Waals surface area contributed by atoms with Gasteiger partial charge in [-0.15, -0.1) is 0 Å². The third-order valence-corrected chi connectivity index (χ3v) is 7.52. The molecule has 0 atom stereocenters. The van der Waals surface area contributed by atoms with Gasteiger partial charge >= 0.3 is 0 Å². The van der Waals surface area contributed by atoms with E-state index >= 15 is 0 Å². The van der Waals surface area contributed by atoms with Crippen LogP contribution in [0.15, 0.2) is 120 Å². The van der Waals surface area contributed by atoms with Crippen molar-refractivity contribution in [3.63, 3.8) is 0 Å². The Morgan fingerprint density at radius 3 is 1.91 bits per heavy atom. The normalized spacial score (nSPS) is 13.8. The highest BCUT2D eigenvalue weighted by Crippen LogP contribution is 2.57. The summed E-state index contributed by atoms with van der Waals surface area (Å²) in [6.07, 6.45) is 1.00. The molecule has 1 heterocycles. The Bertz CT molecular complexity index is 1630. The van der Waals surface area contributed by atoms with Crippen LogP contribution in [0.3, 0.4) is 0 Å². The maximum Gasteiger partial charge on any atom is 0.135 e. The van der Waals surface area contributed by atoms with Crippen LogP contribution in [0.1, 0.15) is 34.7 Å². The number of hydrogen-bond donors (Lipinski definition) is 0. The number of furan rings is 1. The molecule has 7 rings (SSSR count). The number of hydrogen-bond acceptors (Lipinski definition) is 1. The standard InChI is InChI=1S/C33H24O/c1-2-22-17-18-26-28-20-27-25-15-9-10-16-29(25)33(23-11-5-3-6-12-23,24-13-7-4-8-14-24)30(27)21-32(28)34-31(26)19-22/h3-21H,2H2,1H3. The van der Waals surface area contributed by atoms with E-state index < -0.39 is 5.41 Å². The predicted octanol–water partition coefficient (Wildman–Crippen LogP) is 8.51. The summed E-state index contributed by atoms with van der Waals surface area (Å²) in [6, 6.07) is 42.0. The average molecular weight is 437 g/mol. The maximum absolute atomic E-state index is 6.48. The Morgan fingerprint density at radius 1 is 0.559 bits per heavy atom. The van der Waals surface area contributed by atoms with Gasteiger partial charge in [0.25, 0.3) is 0 Å². The zero-order valence-electron chi connectivity index (χ0n) is 19.1. The number of aryl methyl sites for hydroxylation is 1. The van der Waals surface area contributed by atoms with Crippen molar-refractivity contribution >= 4 is 21.9 Å². The van der Waals surface area contributed by atoms with Gasteiger partial charge in [0.1, 0.15) is 11.2 Å². The first-order valence-corrected chi connectivity index (χ1v) is 12.0. The molecule has 1 aliphatic rings. The molecule has 0 spiro atoms. The van der Waals surface area contributed by atoms with E-state index in [9.17, 15) is 0 Å². The minimum absolute atomic E-state index is 0.393. The second-order valence-electron chi connectivity index (χ2n) is 9.21. The first-order valence-electron chi connectivity index (χ1n) is 12.0. The lowest BCUT2D eigenvalue weighted by Gasteiger charge is -2.33. The summed E-state index contributed by atoms with van der Waals surface area (Å²) < 4.78 is 6.48. The van der Waals surface area contributed by atoms with Gasteiger partial charge in [0, 0.05) is 10.8 Å². The van der Waals surface area contributed by atoms with Crippen LogP contribution in [-0.4, -0.2) is 0 Å². The minimum Gasteiger partial charge on any atom is -0.456 e. The van der Waals surface area contributed by atoms with E-state index in [0.29, 0.717) is 0 Å². The van der Waals surface area contributed by atoms with Gasteiger partial charge in [-0.25, -0.2) is 0 Å². The smallest absolute Gasteiger partial charge is 0.135 e. The lowest BCUT2D eigenvalue weighted by Crippen LogP contribution is -2.28. The summed E-state index contributed by atoms with van der Waals surface area (Å²) >= 11 is 0. The van der Waals surface area contributed by atoms with E-state index in [1.54, 1.807) is 0 Å². The average Bonchev–Trinajstić information content (AvgIpc) is 3.41. The van der Waals surface area contributed by atoms with Crippen molar-refractivity contribution in [2.75, 3.05) is 0 Å². The Morgan fingerprint density at radius 2 is 1.21 bits per heavy atom. The van der Waals surface area contributed by atoms with Crippen molar-refractivity contribution in [1.29, 1.82) is 0 Å². The van der Waals surface area contributed by atoms with Crippen LogP contribution in [0.4, 0.5) is 0 Å². The van der Waals surface area contributed by atoms with Crippen LogP contribution in [0, 0.1) is 0 Å². The molecule has 1 aliphatic carbocycles. The van der Waals surface area contributed by atoms with Crippen LogP contribution in [0.2, 0.25) is 0 Å². The Balaban J connectivity index is 1.64. The van der Waals surface area contributed by atoms with Crippen molar-refractivity contribution < 1.29 is 4.42 Å². The molecule has 162 valence electrons. The quantitative estimate of drug-likeness (QED) is 0.270. The number of rotatable bonds is 3. The molecule has 1 aromatic heterocycles. The van der Waals surface area contributed by atoms with E-state index in [-0.39, 0.29) is 0 Å². The van der Waals surface area contributed by atoms with Crippen LogP contribution < -0.4 is 0 Å². The lowest BCUT2D eigenvalue weighted by atomic mass is 9.67. The van der Waals surface area contributed by atoms with Crippen LogP contribution >= 0.6 is 0 Å². The Labute approximate surface area is 199 Å². The van der Waals surface area contributed by atoms with E-state index in [4.69, 9.17) is 4.42 Å². The molecule has 0 radical (unpaired) electrons. The molecule has 0 bridgehead atoms. The fraction of sp³-hybridized carbons (Fsp3) is 0.0909. The van der Waals surface area contributed by atoms with Gasteiger partial charge in [-0.3, -0.25) is 0 Å². The van der Waals surface area contributed by atoms with Gasteiger partial charge in [0.15, 0.2) is 0 Å². The summed E-state index contributed by atoms with van der Waals surface area (Å²) in [4.78, 5) is 0. The molecule has 0 saturated carbocycles. The summed E-state index contributed by atoms with van der Waals surface area (Å²) in [6.45, 7) is 2.18. The largest absolute Gasteiger partial charge is 0.456 e. The third kappa shape index (κ3) is 2.50. The second kappa shape index (κ2) is 7.20. The van der Waals surface area contributed by atoms with Crippen LogP contribution in [0.5, 0.6) is 0 Å². The predicted molar refractivity (Wildman–Crippen MR) is 140 cm³/mol. The van der Waals surface area contributed by atoms with Gasteiger partial charge < -0.3 is 4.42 Å². The van der Waals surface area contributed by atoms with Crippen molar-refractivity contribution in [2.45, 2.75) is 18.8 Å². The molecule has 0 unspecified atom stereocenters. The Hall–Kier alpha value is -4.10. The highest BCUT2D eigenvalue weighted by molar-refractivity contribution is 6.08. The van der Waals surface area contributed by atoms with Gasteiger partial charge in [0.05, 0.1) is 5.41 Å². The molecule has 6 aromatic rings. The summed E-state index contributed by atoms with van der Waals surface area (Å²) in [5.74, 6) is 0. The zero-order chi connectivity index (χ0) is 22.7. The van der Waals surface area contributed by atoms with Crippen molar-refractivity contribution in [3.8, 4) is 11.1 Å². The molecule has 0 saturated heterocycles. The molecule has 1 nitrogen and oxygen atoms in total. The summed E-state index contributed by atoms with van der Waals surface area (Å²) in [7, 11) is 0. The monoisotopic (exact) mass is 436 g/mol. The summed E-state index contributed by atoms with van der Waals surface area (Å²) in [5.41, 5.74) is 10.6. The Kier molecular flexibility index (Phi) is 4.10. The fourth-order valence-electron chi connectivity index (χ4n) is 5.97. The zero-order valence-corrected chi connectivity index (χ0v) is 19.1. The maximum atomic E-state index is 6.48. The number of fused-ring (bicyclic) bond motifs is 6. The fourth-order valence-corrected chi connectivity index (χ4v) is 5.97. The van der Waals surface area contributed by atoms with Crippen LogP contribution in [0.25, 0.3) is 33.1 Å².